The predicted molar refractivity (Wildman–Crippen MR) is 128 cm³/mol. The van der Waals surface area contributed by atoms with E-state index in [9.17, 15) is 4.79 Å². The van der Waals surface area contributed by atoms with Gasteiger partial charge in [0, 0.05) is 53.1 Å². The van der Waals surface area contributed by atoms with Crippen molar-refractivity contribution < 1.29 is 9.53 Å². The first-order valence-corrected chi connectivity index (χ1v) is 11.8. The summed E-state index contributed by atoms with van der Waals surface area (Å²) in [7, 11) is 0. The third-order valence-electron chi connectivity index (χ3n) is 5.77. The molecule has 0 spiro atoms. The van der Waals surface area contributed by atoms with E-state index in [-0.39, 0.29) is 5.91 Å². The van der Waals surface area contributed by atoms with E-state index in [1.54, 1.807) is 11.8 Å². The van der Waals surface area contributed by atoms with Crippen molar-refractivity contribution in [3.8, 4) is 17.1 Å². The fourth-order valence-electron chi connectivity index (χ4n) is 3.95. The zero-order chi connectivity index (χ0) is 22.1. The van der Waals surface area contributed by atoms with Crippen molar-refractivity contribution in [2.24, 2.45) is 0 Å². The first-order chi connectivity index (χ1) is 15.6. The maximum Gasteiger partial charge on any atom is 0.254 e. The van der Waals surface area contributed by atoms with Crippen LogP contribution in [0.25, 0.3) is 28.0 Å². The van der Waals surface area contributed by atoms with E-state index in [4.69, 9.17) is 4.74 Å². The minimum Gasteiger partial charge on any atom is -0.378 e. The van der Waals surface area contributed by atoms with Gasteiger partial charge in [-0.1, -0.05) is 35.9 Å². The Morgan fingerprint density at radius 2 is 1.72 bits per heavy atom. The van der Waals surface area contributed by atoms with Crippen LogP contribution < -0.4 is 0 Å². The van der Waals surface area contributed by atoms with Gasteiger partial charge in [-0.2, -0.15) is 0 Å². The van der Waals surface area contributed by atoms with Crippen LogP contribution in [0.1, 0.15) is 15.9 Å². The Balaban J connectivity index is 1.52. The molecule has 0 bridgehead atoms. The van der Waals surface area contributed by atoms with Gasteiger partial charge in [0.05, 0.1) is 18.7 Å². The molecular formula is C25H24N4O2S. The molecule has 5 rings (SSSR count). The highest BCUT2D eigenvalue weighted by Crippen LogP contribution is 2.31. The van der Waals surface area contributed by atoms with Gasteiger partial charge in [-0.15, -0.1) is 11.8 Å². The molecule has 162 valence electrons. The molecule has 1 saturated heterocycles. The molecule has 7 heteroatoms. The maximum atomic E-state index is 13.0. The van der Waals surface area contributed by atoms with E-state index in [1.165, 1.54) is 5.56 Å². The second-order valence-electron chi connectivity index (χ2n) is 7.84. The monoisotopic (exact) mass is 444 g/mol. The number of rotatable bonds is 4. The van der Waals surface area contributed by atoms with Gasteiger partial charge in [-0.05, 0) is 30.9 Å². The molecule has 1 aliphatic heterocycles. The Kier molecular flexibility index (Phi) is 5.68. The highest BCUT2D eigenvalue weighted by Gasteiger charge is 2.20. The summed E-state index contributed by atoms with van der Waals surface area (Å²) in [6.45, 7) is 4.49. The second-order valence-corrected chi connectivity index (χ2v) is 8.69. The molecule has 6 nitrogen and oxygen atoms in total. The normalized spacial score (nSPS) is 14.1. The molecule has 4 aromatic rings. The van der Waals surface area contributed by atoms with Gasteiger partial charge in [0.25, 0.3) is 5.91 Å². The van der Waals surface area contributed by atoms with E-state index < -0.39 is 0 Å². The minimum atomic E-state index is 0.0317. The van der Waals surface area contributed by atoms with Crippen LogP contribution in [0.5, 0.6) is 0 Å². The summed E-state index contributed by atoms with van der Waals surface area (Å²) in [5.41, 5.74) is 4.87. The Morgan fingerprint density at radius 3 is 2.41 bits per heavy atom. The molecule has 0 N–H and O–H groups in total. The Bertz CT molecular complexity index is 1260. The number of nitrogens with zero attached hydrogens (tertiary/aromatic N) is 4. The van der Waals surface area contributed by atoms with Crippen LogP contribution in [0, 0.1) is 6.92 Å². The van der Waals surface area contributed by atoms with Gasteiger partial charge in [-0.25, -0.2) is 9.97 Å². The lowest BCUT2D eigenvalue weighted by Crippen LogP contribution is -2.40. The SMILES string of the molecule is CSc1cn(-c2ncc(-c3ccc(C)cc3)cn2)c2cc(C(=O)N3CCOCC3)ccc12. The summed E-state index contributed by atoms with van der Waals surface area (Å²) in [6, 6.07) is 14.2. The molecule has 1 amide bonds. The van der Waals surface area contributed by atoms with Crippen molar-refractivity contribution in [3.63, 3.8) is 0 Å². The van der Waals surface area contributed by atoms with Crippen LogP contribution in [-0.4, -0.2) is 57.9 Å². The molecule has 0 saturated carbocycles. The van der Waals surface area contributed by atoms with Gasteiger partial charge in [0.1, 0.15) is 0 Å². The van der Waals surface area contributed by atoms with Crippen molar-refractivity contribution >= 4 is 28.6 Å². The summed E-state index contributed by atoms with van der Waals surface area (Å²) in [5, 5.41) is 1.09. The van der Waals surface area contributed by atoms with E-state index in [0.717, 1.165) is 26.9 Å². The van der Waals surface area contributed by atoms with Crippen molar-refractivity contribution in [3.05, 3.63) is 72.2 Å². The number of morpholine rings is 1. The number of carbonyl (C=O) groups is 1. The van der Waals surface area contributed by atoms with Crippen LogP contribution >= 0.6 is 11.8 Å². The van der Waals surface area contributed by atoms with E-state index in [1.807, 2.05) is 52.5 Å². The van der Waals surface area contributed by atoms with Crippen LogP contribution in [0.2, 0.25) is 0 Å². The molecular weight excluding hydrogens is 420 g/mol. The van der Waals surface area contributed by atoms with E-state index in [0.29, 0.717) is 37.8 Å². The third-order valence-corrected chi connectivity index (χ3v) is 6.54. The van der Waals surface area contributed by atoms with Crippen molar-refractivity contribution in [1.29, 1.82) is 0 Å². The molecule has 2 aromatic heterocycles. The van der Waals surface area contributed by atoms with Gasteiger partial charge in [0.2, 0.25) is 5.95 Å². The molecule has 0 radical (unpaired) electrons. The summed E-state index contributed by atoms with van der Waals surface area (Å²) >= 11 is 1.67. The largest absolute Gasteiger partial charge is 0.378 e. The fraction of sp³-hybridized carbons (Fsp3) is 0.240. The van der Waals surface area contributed by atoms with E-state index in [2.05, 4.69) is 41.2 Å². The number of thioether (sulfide) groups is 1. The van der Waals surface area contributed by atoms with Gasteiger partial charge >= 0.3 is 0 Å². The van der Waals surface area contributed by atoms with Crippen molar-refractivity contribution in [1.82, 2.24) is 19.4 Å². The second kappa shape index (κ2) is 8.76. The molecule has 0 unspecified atom stereocenters. The topological polar surface area (TPSA) is 60.2 Å². The first kappa shape index (κ1) is 20.7. The molecule has 3 heterocycles. The number of amides is 1. The number of carbonyl (C=O) groups excluding carboxylic acids is 1. The Hall–Kier alpha value is -3.16. The highest BCUT2D eigenvalue weighted by molar-refractivity contribution is 7.98. The van der Waals surface area contributed by atoms with Crippen molar-refractivity contribution in [2.45, 2.75) is 11.8 Å². The number of fused-ring (bicyclic) bond motifs is 1. The van der Waals surface area contributed by atoms with Gasteiger partial charge in [-0.3, -0.25) is 9.36 Å². The predicted octanol–water partition coefficient (Wildman–Crippen LogP) is 4.59. The van der Waals surface area contributed by atoms with Crippen molar-refractivity contribution in [2.75, 3.05) is 32.6 Å². The lowest BCUT2D eigenvalue weighted by molar-refractivity contribution is 0.0303. The molecule has 0 aliphatic carbocycles. The quantitative estimate of drug-likeness (QED) is 0.431. The first-order valence-electron chi connectivity index (χ1n) is 10.6. The van der Waals surface area contributed by atoms with Crippen LogP contribution in [-0.2, 0) is 4.74 Å². The molecule has 1 aliphatic rings. The maximum absolute atomic E-state index is 13.0. The van der Waals surface area contributed by atoms with Crippen LogP contribution in [0.4, 0.5) is 0 Å². The number of ether oxygens (including phenoxy) is 1. The summed E-state index contributed by atoms with van der Waals surface area (Å²) in [5.74, 6) is 0.617. The number of aromatic nitrogens is 3. The lowest BCUT2D eigenvalue weighted by Gasteiger charge is -2.26. The highest BCUT2D eigenvalue weighted by atomic mass is 32.2. The number of benzene rings is 2. The Labute approximate surface area is 191 Å². The summed E-state index contributed by atoms with van der Waals surface area (Å²) in [4.78, 5) is 25.3. The smallest absolute Gasteiger partial charge is 0.254 e. The summed E-state index contributed by atoms with van der Waals surface area (Å²) in [6.07, 6.45) is 7.78. The Morgan fingerprint density at radius 1 is 1.00 bits per heavy atom. The van der Waals surface area contributed by atoms with Gasteiger partial charge in [0.15, 0.2) is 0 Å². The van der Waals surface area contributed by atoms with Gasteiger partial charge < -0.3 is 9.64 Å². The number of hydrogen-bond acceptors (Lipinski definition) is 5. The molecule has 2 aromatic carbocycles. The zero-order valence-electron chi connectivity index (χ0n) is 18.1. The minimum absolute atomic E-state index is 0.0317. The standard InChI is InChI=1S/C25H24N4O2S/c1-17-3-5-18(6-4-17)20-14-26-25(27-15-20)29-16-23(32-2)21-8-7-19(13-22(21)29)24(30)28-9-11-31-12-10-28/h3-8,13-16H,9-12H2,1-2H3. The van der Waals surface area contributed by atoms with Crippen LogP contribution in [0.3, 0.4) is 0 Å². The third kappa shape index (κ3) is 3.89. The lowest BCUT2D eigenvalue weighted by atomic mass is 10.1. The average Bonchev–Trinajstić information content (AvgIpc) is 3.23. The number of hydrogen-bond donors (Lipinski definition) is 0. The number of aryl methyl sites for hydroxylation is 1. The molecule has 32 heavy (non-hydrogen) atoms. The molecule has 1 fully saturated rings. The summed E-state index contributed by atoms with van der Waals surface area (Å²) < 4.78 is 7.35. The van der Waals surface area contributed by atoms with Crippen LogP contribution in [0.15, 0.2) is 66.0 Å². The van der Waals surface area contributed by atoms with E-state index >= 15 is 0 Å². The fourth-order valence-corrected chi connectivity index (χ4v) is 4.55. The average molecular weight is 445 g/mol. The molecule has 0 atom stereocenters. The zero-order valence-corrected chi connectivity index (χ0v) is 18.9.